The minimum Gasteiger partial charge on any atom is -0.479 e. The van der Waals surface area contributed by atoms with Gasteiger partial charge in [0.15, 0.2) is 6.10 Å². The predicted molar refractivity (Wildman–Crippen MR) is 57.2 cm³/mol. The highest BCUT2D eigenvalue weighted by atomic mass is 16.4. The van der Waals surface area contributed by atoms with Gasteiger partial charge in [-0.2, -0.15) is 0 Å². The fourth-order valence-electron chi connectivity index (χ4n) is 1.11. The Hall–Kier alpha value is -2.09. The molecule has 2 atom stereocenters. The smallest absolute Gasteiger partial charge is 0.334 e. The minimum atomic E-state index is -1.61. The first kappa shape index (κ1) is 13.0. The first-order valence-electron chi connectivity index (χ1n) is 4.95. The molecule has 1 rings (SSSR count). The van der Waals surface area contributed by atoms with Crippen molar-refractivity contribution in [3.05, 3.63) is 18.2 Å². The number of nitrogens with one attached hydrogen (secondary N) is 3. The zero-order valence-electron chi connectivity index (χ0n) is 9.17. The Morgan fingerprint density at radius 3 is 2.82 bits per heavy atom. The highest BCUT2D eigenvalue weighted by molar-refractivity contribution is 5.76. The van der Waals surface area contributed by atoms with E-state index in [0.29, 0.717) is 5.82 Å². The number of carbonyl (C=O) groups excluding carboxylic acids is 1. The van der Waals surface area contributed by atoms with E-state index in [1.807, 2.05) is 0 Å². The van der Waals surface area contributed by atoms with Crippen molar-refractivity contribution >= 4 is 12.0 Å². The van der Waals surface area contributed by atoms with Crippen LogP contribution < -0.4 is 10.6 Å². The van der Waals surface area contributed by atoms with Crippen LogP contribution in [0.15, 0.2) is 12.4 Å². The van der Waals surface area contributed by atoms with Gasteiger partial charge >= 0.3 is 12.0 Å². The van der Waals surface area contributed by atoms with Gasteiger partial charge < -0.3 is 25.8 Å². The number of amides is 2. The molecule has 0 aliphatic heterocycles. The zero-order chi connectivity index (χ0) is 12.8. The van der Waals surface area contributed by atoms with Gasteiger partial charge in [-0.3, -0.25) is 0 Å². The Kier molecular flexibility index (Phi) is 4.46. The molecule has 94 valence electrons. The Morgan fingerprint density at radius 2 is 2.29 bits per heavy atom. The molecular weight excluding hydrogens is 228 g/mol. The molecule has 1 aromatic rings. The molecule has 0 saturated heterocycles. The Bertz CT molecular complexity index is 378. The molecule has 17 heavy (non-hydrogen) atoms. The van der Waals surface area contributed by atoms with Crippen molar-refractivity contribution in [1.82, 2.24) is 20.6 Å². The molecule has 0 aliphatic rings. The van der Waals surface area contributed by atoms with E-state index in [1.54, 1.807) is 19.3 Å². The number of carboxylic acid groups (broad SMARTS) is 1. The lowest BCUT2D eigenvalue weighted by molar-refractivity contribution is -0.146. The molecule has 1 heterocycles. The van der Waals surface area contributed by atoms with Crippen LogP contribution in [0.2, 0.25) is 0 Å². The second-order valence-corrected chi connectivity index (χ2v) is 3.40. The van der Waals surface area contributed by atoms with E-state index in [-0.39, 0.29) is 12.6 Å². The number of carbonyl (C=O) groups is 2. The van der Waals surface area contributed by atoms with Gasteiger partial charge in [-0.15, -0.1) is 0 Å². The molecule has 1 aromatic heterocycles. The summed E-state index contributed by atoms with van der Waals surface area (Å²) >= 11 is 0. The molecule has 0 spiro atoms. The predicted octanol–water partition coefficient (Wildman–Crippen LogP) is -0.785. The lowest BCUT2D eigenvalue weighted by Gasteiger charge is -2.13. The Labute approximate surface area is 97.1 Å². The molecule has 2 amide bonds. The van der Waals surface area contributed by atoms with E-state index in [1.165, 1.54) is 0 Å². The molecule has 0 radical (unpaired) electrons. The van der Waals surface area contributed by atoms with Crippen molar-refractivity contribution in [2.24, 2.45) is 0 Å². The number of hydrogen-bond donors (Lipinski definition) is 5. The number of carboxylic acids is 1. The topological polar surface area (TPSA) is 127 Å². The van der Waals surface area contributed by atoms with Gasteiger partial charge in [-0.25, -0.2) is 14.6 Å². The number of imidazole rings is 1. The number of aliphatic hydroxyl groups excluding tert-OH is 1. The highest BCUT2D eigenvalue weighted by Gasteiger charge is 2.15. The van der Waals surface area contributed by atoms with E-state index in [9.17, 15) is 9.59 Å². The van der Waals surface area contributed by atoms with Crippen molar-refractivity contribution in [3.63, 3.8) is 0 Å². The van der Waals surface area contributed by atoms with Gasteiger partial charge in [0.2, 0.25) is 0 Å². The summed E-state index contributed by atoms with van der Waals surface area (Å²) in [5, 5.41) is 22.1. The number of H-pyrrole nitrogens is 1. The van der Waals surface area contributed by atoms with Crippen LogP contribution in [-0.2, 0) is 4.79 Å². The summed E-state index contributed by atoms with van der Waals surface area (Å²) in [6, 6.07) is -0.916. The molecule has 8 heteroatoms. The number of aromatic nitrogens is 2. The SMILES string of the molecule is CC(NC(=O)NCC(O)C(=O)O)c1ncc[nH]1. The van der Waals surface area contributed by atoms with E-state index in [0.717, 1.165) is 0 Å². The maximum absolute atomic E-state index is 11.3. The molecule has 0 bridgehead atoms. The minimum absolute atomic E-state index is 0.341. The lowest BCUT2D eigenvalue weighted by atomic mass is 10.3. The summed E-state index contributed by atoms with van der Waals surface area (Å²) in [5.41, 5.74) is 0. The first-order chi connectivity index (χ1) is 8.00. The molecular formula is C9H14N4O4. The van der Waals surface area contributed by atoms with Crippen molar-refractivity contribution in [1.29, 1.82) is 0 Å². The van der Waals surface area contributed by atoms with E-state index in [2.05, 4.69) is 20.6 Å². The van der Waals surface area contributed by atoms with Gasteiger partial charge in [0, 0.05) is 12.4 Å². The first-order valence-corrected chi connectivity index (χ1v) is 4.95. The second kappa shape index (κ2) is 5.85. The largest absolute Gasteiger partial charge is 0.479 e. The Morgan fingerprint density at radius 1 is 1.59 bits per heavy atom. The van der Waals surface area contributed by atoms with Crippen molar-refractivity contribution in [2.45, 2.75) is 19.1 Å². The summed E-state index contributed by atoms with van der Waals surface area (Å²) in [6.45, 7) is 1.36. The monoisotopic (exact) mass is 242 g/mol. The summed E-state index contributed by atoms with van der Waals surface area (Å²) in [7, 11) is 0. The molecule has 5 N–H and O–H groups in total. The number of aliphatic carboxylic acids is 1. The zero-order valence-corrected chi connectivity index (χ0v) is 9.17. The van der Waals surface area contributed by atoms with E-state index in [4.69, 9.17) is 10.2 Å². The van der Waals surface area contributed by atoms with Crippen LogP contribution in [0.1, 0.15) is 18.8 Å². The fourth-order valence-corrected chi connectivity index (χ4v) is 1.11. The second-order valence-electron chi connectivity index (χ2n) is 3.40. The number of aromatic amines is 1. The molecule has 0 aromatic carbocycles. The maximum atomic E-state index is 11.3. The molecule has 8 nitrogen and oxygen atoms in total. The van der Waals surface area contributed by atoms with Gasteiger partial charge in [-0.1, -0.05) is 0 Å². The van der Waals surface area contributed by atoms with Crippen molar-refractivity contribution in [3.8, 4) is 0 Å². The average Bonchev–Trinajstić information content (AvgIpc) is 2.78. The highest BCUT2D eigenvalue weighted by Crippen LogP contribution is 2.04. The van der Waals surface area contributed by atoms with Crippen LogP contribution in [0.3, 0.4) is 0 Å². The number of hydrogen-bond acceptors (Lipinski definition) is 4. The number of rotatable bonds is 5. The quantitative estimate of drug-likeness (QED) is 0.462. The Balaban J connectivity index is 2.32. The standard InChI is InChI=1S/C9H14N4O4/c1-5(7-10-2-3-11-7)13-9(17)12-4-6(14)8(15)16/h2-3,5-6,14H,4H2,1H3,(H,10,11)(H,15,16)(H2,12,13,17). The third-order valence-electron chi connectivity index (χ3n) is 2.02. The van der Waals surface area contributed by atoms with Crippen LogP contribution >= 0.6 is 0 Å². The normalized spacial score (nSPS) is 13.8. The van der Waals surface area contributed by atoms with Crippen LogP contribution in [-0.4, -0.2) is 44.8 Å². The van der Waals surface area contributed by atoms with E-state index < -0.39 is 18.1 Å². The van der Waals surface area contributed by atoms with Crippen molar-refractivity contribution < 1.29 is 19.8 Å². The van der Waals surface area contributed by atoms with Gasteiger partial charge in [-0.05, 0) is 6.92 Å². The van der Waals surface area contributed by atoms with Crippen LogP contribution in [0.25, 0.3) is 0 Å². The molecule has 0 fully saturated rings. The summed E-state index contributed by atoms with van der Waals surface area (Å²) in [5.74, 6) is -0.802. The molecule has 2 unspecified atom stereocenters. The third-order valence-corrected chi connectivity index (χ3v) is 2.02. The van der Waals surface area contributed by atoms with Crippen LogP contribution in [0, 0.1) is 0 Å². The maximum Gasteiger partial charge on any atom is 0.334 e. The van der Waals surface area contributed by atoms with Crippen LogP contribution in [0.5, 0.6) is 0 Å². The summed E-state index contributed by atoms with van der Waals surface area (Å²) in [6.07, 6.45) is 1.57. The molecule has 0 saturated carbocycles. The average molecular weight is 242 g/mol. The van der Waals surface area contributed by atoms with Crippen LogP contribution in [0.4, 0.5) is 4.79 Å². The van der Waals surface area contributed by atoms with Gasteiger partial charge in [0.25, 0.3) is 0 Å². The fraction of sp³-hybridized carbons (Fsp3) is 0.444. The van der Waals surface area contributed by atoms with Gasteiger partial charge in [0.05, 0.1) is 12.6 Å². The number of nitrogens with zero attached hydrogens (tertiary/aromatic N) is 1. The number of urea groups is 1. The number of aliphatic hydroxyl groups is 1. The summed E-state index contributed by atoms with van der Waals surface area (Å²) in [4.78, 5) is 28.4. The van der Waals surface area contributed by atoms with Crippen molar-refractivity contribution in [2.75, 3.05) is 6.54 Å². The third kappa shape index (κ3) is 4.11. The molecule has 0 aliphatic carbocycles. The van der Waals surface area contributed by atoms with Gasteiger partial charge in [0.1, 0.15) is 5.82 Å². The van der Waals surface area contributed by atoms with E-state index >= 15 is 0 Å². The summed E-state index contributed by atoms with van der Waals surface area (Å²) < 4.78 is 0. The lowest BCUT2D eigenvalue weighted by Crippen LogP contribution is -2.42.